The molecule has 1 unspecified atom stereocenters. The number of carboxylic acids is 1. The van der Waals surface area contributed by atoms with E-state index in [2.05, 4.69) is 19.7 Å². The van der Waals surface area contributed by atoms with Crippen LogP contribution in [0.1, 0.15) is 10.4 Å². The number of carboxylic acid groups (broad SMARTS) is 1. The maximum atomic E-state index is 10.6. The average molecular weight is 236 g/mol. The molecule has 0 heterocycles. The molecule has 3 nitrogen and oxygen atoms in total. The quantitative estimate of drug-likeness (QED) is 0.630. The second kappa shape index (κ2) is 5.51. The molecule has 0 saturated carbocycles. The summed E-state index contributed by atoms with van der Waals surface area (Å²) in [6, 6.07) is 6.44. The Morgan fingerprint density at radius 2 is 2.00 bits per heavy atom. The molecule has 0 aliphatic carbocycles. The van der Waals surface area contributed by atoms with E-state index < -0.39 is 14.8 Å². The van der Waals surface area contributed by atoms with Crippen molar-refractivity contribution in [3.8, 4) is 5.75 Å². The van der Waals surface area contributed by atoms with Crippen LogP contribution in [0, 0.1) is 0 Å². The summed E-state index contributed by atoms with van der Waals surface area (Å²) in [4.78, 5) is 10.6. The monoisotopic (exact) mass is 236 g/mol. The van der Waals surface area contributed by atoms with E-state index in [1.807, 2.05) is 6.08 Å². The van der Waals surface area contributed by atoms with Crippen molar-refractivity contribution >= 4 is 14.8 Å². The molecule has 16 heavy (non-hydrogen) atoms. The fourth-order valence-corrected chi connectivity index (χ4v) is 2.26. The summed E-state index contributed by atoms with van der Waals surface area (Å²) in [7, 11) is -0.944. The maximum Gasteiger partial charge on any atom is 0.335 e. The van der Waals surface area contributed by atoms with Crippen molar-refractivity contribution in [3.63, 3.8) is 0 Å². The summed E-state index contributed by atoms with van der Waals surface area (Å²) in [5.74, 6) is -0.235. The van der Waals surface area contributed by atoms with Crippen molar-refractivity contribution in [2.45, 2.75) is 18.8 Å². The molecule has 0 aromatic heterocycles. The number of benzene rings is 1. The van der Waals surface area contributed by atoms with Gasteiger partial charge < -0.3 is 9.84 Å². The highest BCUT2D eigenvalue weighted by atomic mass is 28.3. The molecule has 1 aromatic rings. The standard InChI is InChI=1S/C12H16O3Si/c1-4-11(16(2)3)15-10-7-5-9(6-8-10)12(13)14/h4-8,11,16H,1H2,2-3H3,(H,13,14). The SMILES string of the molecule is C=CC(Oc1ccc(C(=O)O)cc1)[SiH](C)C. The molecule has 4 heteroatoms. The lowest BCUT2D eigenvalue weighted by molar-refractivity contribution is 0.0697. The first kappa shape index (κ1) is 12.5. The van der Waals surface area contributed by atoms with Crippen LogP contribution in [0.3, 0.4) is 0 Å². The van der Waals surface area contributed by atoms with Gasteiger partial charge in [0.1, 0.15) is 11.5 Å². The van der Waals surface area contributed by atoms with Gasteiger partial charge in [0.15, 0.2) is 0 Å². The first-order valence-electron chi connectivity index (χ1n) is 5.17. The topological polar surface area (TPSA) is 46.5 Å². The molecule has 0 aliphatic rings. The van der Waals surface area contributed by atoms with Crippen LogP contribution in [0.15, 0.2) is 36.9 Å². The third-order valence-corrected chi connectivity index (χ3v) is 3.99. The molecule has 0 saturated heterocycles. The highest BCUT2D eigenvalue weighted by molar-refractivity contribution is 6.57. The van der Waals surface area contributed by atoms with Crippen LogP contribution < -0.4 is 4.74 Å². The summed E-state index contributed by atoms with van der Waals surface area (Å²) in [6.07, 6.45) is 1.81. The van der Waals surface area contributed by atoms with Gasteiger partial charge in [-0.1, -0.05) is 25.7 Å². The minimum Gasteiger partial charge on any atom is -0.491 e. The highest BCUT2D eigenvalue weighted by Crippen LogP contribution is 2.15. The molecule has 1 rings (SSSR count). The van der Waals surface area contributed by atoms with Crippen molar-refractivity contribution in [1.82, 2.24) is 0 Å². The third-order valence-electron chi connectivity index (χ3n) is 2.26. The van der Waals surface area contributed by atoms with Crippen molar-refractivity contribution < 1.29 is 14.6 Å². The minimum atomic E-state index is -0.944. The number of aromatic carboxylic acids is 1. The summed E-state index contributed by atoms with van der Waals surface area (Å²) >= 11 is 0. The Morgan fingerprint density at radius 1 is 1.44 bits per heavy atom. The van der Waals surface area contributed by atoms with Crippen molar-refractivity contribution in [2.75, 3.05) is 0 Å². The lowest BCUT2D eigenvalue weighted by atomic mass is 10.2. The molecule has 1 N–H and O–H groups in total. The minimum absolute atomic E-state index is 0.0793. The Balaban J connectivity index is 2.75. The van der Waals surface area contributed by atoms with E-state index in [0.717, 1.165) is 0 Å². The Bertz CT molecular complexity index is 370. The molecule has 0 bridgehead atoms. The third kappa shape index (κ3) is 3.24. The first-order valence-corrected chi connectivity index (χ1v) is 8.14. The Kier molecular flexibility index (Phi) is 4.31. The van der Waals surface area contributed by atoms with Crippen LogP contribution >= 0.6 is 0 Å². The Hall–Kier alpha value is -1.55. The van der Waals surface area contributed by atoms with Gasteiger partial charge in [0.05, 0.1) is 14.4 Å². The predicted molar refractivity (Wildman–Crippen MR) is 66.9 cm³/mol. The molecule has 1 aromatic carbocycles. The smallest absolute Gasteiger partial charge is 0.335 e. The largest absolute Gasteiger partial charge is 0.491 e. The normalized spacial score (nSPS) is 12.2. The molecule has 1 atom stereocenters. The lowest BCUT2D eigenvalue weighted by Gasteiger charge is -2.18. The van der Waals surface area contributed by atoms with Gasteiger partial charge in [-0.15, -0.1) is 0 Å². The zero-order chi connectivity index (χ0) is 12.1. The van der Waals surface area contributed by atoms with E-state index in [0.29, 0.717) is 5.75 Å². The molecule has 0 aliphatic heterocycles. The van der Waals surface area contributed by atoms with Crippen LogP contribution in [0.5, 0.6) is 5.75 Å². The average Bonchev–Trinajstić information content (AvgIpc) is 2.26. The molecular weight excluding hydrogens is 220 g/mol. The van der Waals surface area contributed by atoms with E-state index in [-0.39, 0.29) is 11.3 Å². The molecule has 0 amide bonds. The summed E-state index contributed by atoms with van der Waals surface area (Å²) in [5.41, 5.74) is 0.347. The van der Waals surface area contributed by atoms with Crippen LogP contribution in [0.2, 0.25) is 13.1 Å². The van der Waals surface area contributed by atoms with Crippen LogP contribution in [-0.4, -0.2) is 25.6 Å². The van der Waals surface area contributed by atoms with E-state index in [1.54, 1.807) is 24.3 Å². The first-order chi connectivity index (χ1) is 7.54. The van der Waals surface area contributed by atoms with Crippen LogP contribution in [0.4, 0.5) is 0 Å². The van der Waals surface area contributed by atoms with E-state index in [9.17, 15) is 4.79 Å². The van der Waals surface area contributed by atoms with Gasteiger partial charge in [-0.25, -0.2) is 4.79 Å². The Labute approximate surface area is 97.0 Å². The Morgan fingerprint density at radius 3 is 2.38 bits per heavy atom. The number of ether oxygens (including phenoxy) is 1. The van der Waals surface area contributed by atoms with E-state index in [4.69, 9.17) is 9.84 Å². The highest BCUT2D eigenvalue weighted by Gasteiger charge is 2.12. The number of hydrogen-bond donors (Lipinski definition) is 1. The van der Waals surface area contributed by atoms with Gasteiger partial charge in [0, 0.05) is 0 Å². The molecule has 0 spiro atoms. The van der Waals surface area contributed by atoms with Crippen LogP contribution in [0.25, 0.3) is 0 Å². The van der Waals surface area contributed by atoms with Crippen LogP contribution in [-0.2, 0) is 0 Å². The number of carbonyl (C=O) groups is 1. The second-order valence-corrected chi connectivity index (χ2v) is 7.04. The summed E-state index contributed by atoms with van der Waals surface area (Å²) in [6.45, 7) is 8.10. The summed E-state index contributed by atoms with van der Waals surface area (Å²) in [5, 5.41) is 8.74. The zero-order valence-electron chi connectivity index (χ0n) is 9.51. The maximum absolute atomic E-state index is 10.6. The van der Waals surface area contributed by atoms with Gasteiger partial charge in [0.2, 0.25) is 0 Å². The molecular formula is C12H16O3Si. The second-order valence-electron chi connectivity index (χ2n) is 3.89. The van der Waals surface area contributed by atoms with Gasteiger partial charge in [0.25, 0.3) is 0 Å². The number of hydrogen-bond acceptors (Lipinski definition) is 2. The van der Waals surface area contributed by atoms with Gasteiger partial charge >= 0.3 is 5.97 Å². The van der Waals surface area contributed by atoms with Crippen molar-refractivity contribution in [2.24, 2.45) is 0 Å². The van der Waals surface area contributed by atoms with E-state index in [1.165, 1.54) is 0 Å². The van der Waals surface area contributed by atoms with Crippen molar-refractivity contribution in [1.29, 1.82) is 0 Å². The fourth-order valence-electron chi connectivity index (χ4n) is 1.29. The van der Waals surface area contributed by atoms with Gasteiger partial charge in [-0.3, -0.25) is 0 Å². The number of rotatable bonds is 5. The van der Waals surface area contributed by atoms with Crippen molar-refractivity contribution in [3.05, 3.63) is 42.5 Å². The molecule has 0 fully saturated rings. The summed E-state index contributed by atoms with van der Waals surface area (Å²) < 4.78 is 5.71. The molecule has 0 radical (unpaired) electrons. The predicted octanol–water partition coefficient (Wildman–Crippen LogP) is 2.34. The van der Waals surface area contributed by atoms with E-state index >= 15 is 0 Å². The lowest BCUT2D eigenvalue weighted by Crippen LogP contribution is -2.28. The van der Waals surface area contributed by atoms with Gasteiger partial charge in [-0.2, -0.15) is 0 Å². The zero-order valence-corrected chi connectivity index (χ0v) is 10.7. The molecule has 86 valence electrons. The van der Waals surface area contributed by atoms with Gasteiger partial charge in [-0.05, 0) is 24.3 Å². The fraction of sp³-hybridized carbons (Fsp3) is 0.250.